The fourth-order valence-corrected chi connectivity index (χ4v) is 2.26. The number of ether oxygens (including phenoxy) is 1. The number of aromatic nitrogens is 2. The molecule has 0 atom stereocenters. The van der Waals surface area contributed by atoms with Crippen LogP contribution in [0.2, 0.25) is 0 Å². The van der Waals surface area contributed by atoms with Crippen LogP contribution in [0.25, 0.3) is 5.69 Å². The van der Waals surface area contributed by atoms with Gasteiger partial charge in [0.05, 0.1) is 18.5 Å². The SMILES string of the molecule is COc1cccc(-n2nc(C)c(CCC(=O)O)c2C)c1. The fourth-order valence-electron chi connectivity index (χ4n) is 2.26. The Morgan fingerprint density at radius 2 is 2.15 bits per heavy atom. The molecule has 2 rings (SSSR count). The van der Waals surface area contributed by atoms with Crippen molar-refractivity contribution in [1.82, 2.24) is 9.78 Å². The van der Waals surface area contributed by atoms with Gasteiger partial charge in [-0.3, -0.25) is 4.79 Å². The number of aliphatic carboxylic acids is 1. The monoisotopic (exact) mass is 274 g/mol. The molecule has 0 amide bonds. The minimum absolute atomic E-state index is 0.117. The summed E-state index contributed by atoms with van der Waals surface area (Å²) >= 11 is 0. The van der Waals surface area contributed by atoms with Crippen LogP contribution in [0.5, 0.6) is 5.75 Å². The summed E-state index contributed by atoms with van der Waals surface area (Å²) in [6, 6.07) is 7.63. The normalized spacial score (nSPS) is 10.6. The van der Waals surface area contributed by atoms with E-state index in [0.717, 1.165) is 28.4 Å². The van der Waals surface area contributed by atoms with Crippen molar-refractivity contribution in [1.29, 1.82) is 0 Å². The Balaban J connectivity index is 2.37. The minimum Gasteiger partial charge on any atom is -0.497 e. The first-order chi connectivity index (χ1) is 9.52. The van der Waals surface area contributed by atoms with Crippen LogP contribution in [-0.2, 0) is 11.2 Å². The molecule has 0 aliphatic rings. The van der Waals surface area contributed by atoms with Crippen LogP contribution < -0.4 is 4.74 Å². The number of rotatable bonds is 5. The van der Waals surface area contributed by atoms with Crippen LogP contribution in [0.1, 0.15) is 23.4 Å². The largest absolute Gasteiger partial charge is 0.497 e. The standard InChI is InChI=1S/C15H18N2O3/c1-10-14(7-8-15(18)19)11(2)17(16-10)12-5-4-6-13(9-12)20-3/h4-6,9H,7-8H2,1-3H3,(H,18,19). The zero-order chi connectivity index (χ0) is 14.7. The lowest BCUT2D eigenvalue weighted by Crippen LogP contribution is -2.01. The number of carbonyl (C=O) groups is 1. The van der Waals surface area contributed by atoms with Crippen LogP contribution in [-0.4, -0.2) is 28.0 Å². The van der Waals surface area contributed by atoms with Crippen molar-refractivity contribution in [2.24, 2.45) is 0 Å². The second-order valence-corrected chi connectivity index (χ2v) is 4.66. The lowest BCUT2D eigenvalue weighted by atomic mass is 10.1. The highest BCUT2D eigenvalue weighted by molar-refractivity contribution is 5.67. The number of carboxylic acid groups (broad SMARTS) is 1. The number of methoxy groups -OCH3 is 1. The third kappa shape index (κ3) is 2.82. The van der Waals surface area contributed by atoms with Gasteiger partial charge in [-0.05, 0) is 38.0 Å². The van der Waals surface area contributed by atoms with E-state index in [1.807, 2.05) is 42.8 Å². The second kappa shape index (κ2) is 5.77. The van der Waals surface area contributed by atoms with Gasteiger partial charge in [-0.25, -0.2) is 4.68 Å². The molecule has 0 unspecified atom stereocenters. The molecule has 1 heterocycles. The molecule has 0 bridgehead atoms. The van der Waals surface area contributed by atoms with Gasteiger partial charge in [-0.1, -0.05) is 6.07 Å². The fraction of sp³-hybridized carbons (Fsp3) is 0.333. The van der Waals surface area contributed by atoms with Gasteiger partial charge in [-0.2, -0.15) is 5.10 Å². The molecular formula is C15H18N2O3. The molecule has 0 saturated heterocycles. The lowest BCUT2D eigenvalue weighted by Gasteiger charge is -2.07. The first-order valence-electron chi connectivity index (χ1n) is 6.44. The molecule has 0 aliphatic carbocycles. The average molecular weight is 274 g/mol. The van der Waals surface area contributed by atoms with Crippen molar-refractivity contribution in [2.75, 3.05) is 7.11 Å². The van der Waals surface area contributed by atoms with E-state index < -0.39 is 5.97 Å². The molecule has 20 heavy (non-hydrogen) atoms. The van der Waals surface area contributed by atoms with Gasteiger partial charge in [0.25, 0.3) is 0 Å². The highest BCUT2D eigenvalue weighted by atomic mass is 16.5. The molecule has 5 heteroatoms. The maximum atomic E-state index is 10.7. The Labute approximate surface area is 117 Å². The smallest absolute Gasteiger partial charge is 0.303 e. The zero-order valence-corrected chi connectivity index (χ0v) is 11.9. The summed E-state index contributed by atoms with van der Waals surface area (Å²) in [4.78, 5) is 10.7. The van der Waals surface area contributed by atoms with Crippen molar-refractivity contribution >= 4 is 5.97 Å². The minimum atomic E-state index is -0.794. The summed E-state index contributed by atoms with van der Waals surface area (Å²) in [5, 5.41) is 13.3. The van der Waals surface area contributed by atoms with Crippen molar-refractivity contribution in [3.63, 3.8) is 0 Å². The quantitative estimate of drug-likeness (QED) is 0.910. The van der Waals surface area contributed by atoms with Crippen LogP contribution in [0, 0.1) is 13.8 Å². The van der Waals surface area contributed by atoms with Crippen molar-refractivity contribution in [2.45, 2.75) is 26.7 Å². The Morgan fingerprint density at radius 3 is 2.80 bits per heavy atom. The summed E-state index contributed by atoms with van der Waals surface area (Å²) in [6.07, 6.45) is 0.614. The average Bonchev–Trinajstić information content (AvgIpc) is 2.72. The Hall–Kier alpha value is -2.30. The Bertz CT molecular complexity index is 632. The molecule has 1 aromatic carbocycles. The number of carboxylic acids is 1. The topological polar surface area (TPSA) is 64.4 Å². The molecule has 0 spiro atoms. The van der Waals surface area contributed by atoms with E-state index in [2.05, 4.69) is 5.10 Å². The predicted molar refractivity (Wildman–Crippen MR) is 75.5 cm³/mol. The molecule has 1 N–H and O–H groups in total. The Kier molecular flexibility index (Phi) is 4.08. The van der Waals surface area contributed by atoms with Gasteiger partial charge < -0.3 is 9.84 Å². The predicted octanol–water partition coefficient (Wildman–Crippen LogP) is 2.51. The van der Waals surface area contributed by atoms with E-state index in [9.17, 15) is 4.79 Å². The van der Waals surface area contributed by atoms with Crippen LogP contribution in [0.4, 0.5) is 0 Å². The van der Waals surface area contributed by atoms with Crippen molar-refractivity contribution in [3.8, 4) is 11.4 Å². The van der Waals surface area contributed by atoms with Crippen molar-refractivity contribution < 1.29 is 14.6 Å². The first-order valence-corrected chi connectivity index (χ1v) is 6.44. The van der Waals surface area contributed by atoms with Gasteiger partial charge in [0.2, 0.25) is 0 Å². The third-order valence-electron chi connectivity index (χ3n) is 3.33. The van der Waals surface area contributed by atoms with Crippen LogP contribution >= 0.6 is 0 Å². The van der Waals surface area contributed by atoms with E-state index in [0.29, 0.717) is 6.42 Å². The summed E-state index contributed by atoms with van der Waals surface area (Å²) in [5.74, 6) is -0.0277. The summed E-state index contributed by atoms with van der Waals surface area (Å²) in [6.45, 7) is 3.86. The summed E-state index contributed by atoms with van der Waals surface area (Å²) < 4.78 is 7.04. The molecule has 106 valence electrons. The number of benzene rings is 1. The van der Waals surface area contributed by atoms with Gasteiger partial charge in [-0.15, -0.1) is 0 Å². The summed E-state index contributed by atoms with van der Waals surface area (Å²) in [7, 11) is 1.62. The van der Waals surface area contributed by atoms with Crippen LogP contribution in [0.3, 0.4) is 0 Å². The number of hydrogen-bond acceptors (Lipinski definition) is 3. The lowest BCUT2D eigenvalue weighted by molar-refractivity contribution is -0.136. The highest BCUT2D eigenvalue weighted by Crippen LogP contribution is 2.22. The first kappa shape index (κ1) is 14.1. The molecule has 2 aromatic rings. The molecule has 0 saturated carbocycles. The third-order valence-corrected chi connectivity index (χ3v) is 3.33. The van der Waals surface area contributed by atoms with Gasteiger partial charge in [0, 0.05) is 18.2 Å². The van der Waals surface area contributed by atoms with E-state index in [1.165, 1.54) is 0 Å². The number of aryl methyl sites for hydroxylation is 1. The highest BCUT2D eigenvalue weighted by Gasteiger charge is 2.14. The van der Waals surface area contributed by atoms with Gasteiger partial charge in [0.1, 0.15) is 5.75 Å². The summed E-state index contributed by atoms with van der Waals surface area (Å²) in [5.41, 5.74) is 3.74. The van der Waals surface area contributed by atoms with E-state index in [4.69, 9.17) is 9.84 Å². The van der Waals surface area contributed by atoms with Crippen LogP contribution in [0.15, 0.2) is 24.3 Å². The zero-order valence-electron chi connectivity index (χ0n) is 11.9. The molecule has 0 radical (unpaired) electrons. The van der Waals surface area contributed by atoms with Gasteiger partial charge in [0.15, 0.2) is 0 Å². The van der Waals surface area contributed by atoms with E-state index in [-0.39, 0.29) is 6.42 Å². The number of hydrogen-bond donors (Lipinski definition) is 1. The maximum Gasteiger partial charge on any atom is 0.303 e. The maximum absolute atomic E-state index is 10.7. The van der Waals surface area contributed by atoms with E-state index >= 15 is 0 Å². The van der Waals surface area contributed by atoms with Crippen molar-refractivity contribution in [3.05, 3.63) is 41.2 Å². The molecule has 1 aromatic heterocycles. The van der Waals surface area contributed by atoms with E-state index in [1.54, 1.807) is 7.11 Å². The molecular weight excluding hydrogens is 256 g/mol. The second-order valence-electron chi connectivity index (χ2n) is 4.66. The van der Waals surface area contributed by atoms with Gasteiger partial charge >= 0.3 is 5.97 Å². The molecule has 0 fully saturated rings. The molecule has 0 aliphatic heterocycles. The number of nitrogens with zero attached hydrogens (tertiary/aromatic N) is 2. The Morgan fingerprint density at radius 1 is 1.40 bits per heavy atom. The molecule has 5 nitrogen and oxygen atoms in total.